The number of ether oxygens (including phenoxy) is 2. The zero-order chi connectivity index (χ0) is 37.5. The van der Waals surface area contributed by atoms with E-state index < -0.39 is 35.6 Å². The molecule has 16 nitrogen and oxygen atoms in total. The number of nitrogens with two attached hydrogens (primary N) is 2. The van der Waals surface area contributed by atoms with E-state index in [1.54, 1.807) is 35.9 Å². The first-order valence-electron chi connectivity index (χ1n) is 17.0. The van der Waals surface area contributed by atoms with E-state index in [1.165, 1.54) is 11.1 Å². The first-order chi connectivity index (χ1) is 25.6. The molecule has 0 saturated carbocycles. The Morgan fingerprint density at radius 2 is 1.83 bits per heavy atom. The van der Waals surface area contributed by atoms with Crippen molar-refractivity contribution in [3.05, 3.63) is 107 Å². The Balaban J connectivity index is 0.888. The van der Waals surface area contributed by atoms with Crippen molar-refractivity contribution in [3.8, 4) is 5.75 Å². The smallest absolute Gasteiger partial charge is 0.274 e. The highest BCUT2D eigenvalue weighted by atomic mass is 16.5. The zero-order valence-electron chi connectivity index (χ0n) is 28.7. The second-order valence-corrected chi connectivity index (χ2v) is 12.6. The first-order valence-corrected chi connectivity index (χ1v) is 17.0. The molecule has 6 rings (SSSR count). The largest absolute Gasteiger partial charge is 0.491 e. The average Bonchev–Trinajstić information content (AvgIpc) is 3.66. The van der Waals surface area contributed by atoms with Gasteiger partial charge in [0.1, 0.15) is 18.4 Å². The molecule has 0 aliphatic carbocycles. The summed E-state index contributed by atoms with van der Waals surface area (Å²) in [5.41, 5.74) is 11.4. The van der Waals surface area contributed by atoms with Crippen molar-refractivity contribution in [2.45, 2.75) is 31.8 Å². The molecule has 1 fully saturated rings. The highest BCUT2D eigenvalue weighted by Crippen LogP contribution is 2.32. The Kier molecular flexibility index (Phi) is 11.3. The highest BCUT2D eigenvalue weighted by molar-refractivity contribution is 6.25. The molecule has 276 valence electrons. The number of piperidine rings is 1. The van der Waals surface area contributed by atoms with Crippen molar-refractivity contribution in [2.24, 2.45) is 11.6 Å². The van der Waals surface area contributed by atoms with Crippen molar-refractivity contribution in [1.82, 2.24) is 25.3 Å². The summed E-state index contributed by atoms with van der Waals surface area (Å²) < 4.78 is 13.5. The van der Waals surface area contributed by atoms with Gasteiger partial charge >= 0.3 is 0 Å². The summed E-state index contributed by atoms with van der Waals surface area (Å²) in [6.07, 6.45) is 4.06. The predicted octanol–water partition coefficient (Wildman–Crippen LogP) is 2.08. The van der Waals surface area contributed by atoms with Crippen LogP contribution in [0.4, 0.5) is 5.69 Å². The maximum Gasteiger partial charge on any atom is 0.274 e. The van der Waals surface area contributed by atoms with Crippen LogP contribution < -0.4 is 32.4 Å². The van der Waals surface area contributed by atoms with Crippen LogP contribution >= 0.6 is 0 Å². The Morgan fingerprint density at radius 3 is 2.60 bits per heavy atom. The van der Waals surface area contributed by atoms with Gasteiger partial charge in [0, 0.05) is 60.8 Å². The van der Waals surface area contributed by atoms with Crippen molar-refractivity contribution in [3.63, 3.8) is 0 Å². The molecule has 1 aromatic heterocycles. The minimum atomic E-state index is -1.04. The fourth-order valence-corrected chi connectivity index (χ4v) is 6.25. The molecule has 0 radical (unpaired) electrons. The number of hydrogen-bond donors (Lipinski definition) is 6. The number of carbonyl (C=O) groups is 5. The van der Waals surface area contributed by atoms with Gasteiger partial charge in [-0.3, -0.25) is 39.4 Å². The lowest BCUT2D eigenvalue weighted by atomic mass is 10.0. The van der Waals surface area contributed by atoms with Gasteiger partial charge in [-0.25, -0.2) is 11.3 Å². The number of anilines is 1. The van der Waals surface area contributed by atoms with E-state index >= 15 is 0 Å². The molecule has 53 heavy (non-hydrogen) atoms. The van der Waals surface area contributed by atoms with Crippen molar-refractivity contribution in [1.29, 1.82) is 0 Å². The van der Waals surface area contributed by atoms with Crippen LogP contribution in [-0.2, 0) is 20.9 Å². The molecule has 1 unspecified atom stereocenters. The van der Waals surface area contributed by atoms with Gasteiger partial charge in [0.15, 0.2) is 0 Å². The average molecular weight is 725 g/mol. The van der Waals surface area contributed by atoms with Gasteiger partial charge in [-0.05, 0) is 59.8 Å². The molecule has 8 N–H and O–H groups in total. The molecule has 3 aromatic carbocycles. The van der Waals surface area contributed by atoms with E-state index in [9.17, 15) is 24.0 Å². The fraction of sp³-hybridized carbons (Fsp3) is 0.270. The Morgan fingerprint density at radius 1 is 1.02 bits per heavy atom. The topological polar surface area (TPSA) is 224 Å². The number of hydroxylamine groups is 1. The SMILES string of the molecule is N/C(=C\N(N)CCOCCOc1ccc(Cn2ccc3ccc(C(=O)NO)cc32)cc1)CCNc1cccc2c1C(=O)N(C1CCC(=O)NC1=O)C2=O. The normalized spacial score (nSPS) is 15.8. The maximum atomic E-state index is 13.3. The maximum absolute atomic E-state index is 13.3. The molecule has 16 heteroatoms. The molecule has 5 amide bonds. The van der Waals surface area contributed by atoms with Crippen LogP contribution in [0.2, 0.25) is 0 Å². The number of aromatic nitrogens is 1. The molecule has 0 spiro atoms. The molecular weight excluding hydrogens is 684 g/mol. The van der Waals surface area contributed by atoms with Crippen LogP contribution in [0.15, 0.2) is 84.8 Å². The number of hydrogen-bond acceptors (Lipinski definition) is 12. The van der Waals surface area contributed by atoms with Crippen LogP contribution in [0.1, 0.15) is 55.9 Å². The van der Waals surface area contributed by atoms with Gasteiger partial charge in [0.05, 0.1) is 30.9 Å². The van der Waals surface area contributed by atoms with E-state index in [-0.39, 0.29) is 24.0 Å². The highest BCUT2D eigenvalue weighted by Gasteiger charge is 2.45. The van der Waals surface area contributed by atoms with Crippen LogP contribution in [0.5, 0.6) is 5.75 Å². The molecule has 1 atom stereocenters. The van der Waals surface area contributed by atoms with Crippen molar-refractivity contribution in [2.75, 3.05) is 38.2 Å². The summed E-state index contributed by atoms with van der Waals surface area (Å²) in [5.74, 6) is 3.95. The summed E-state index contributed by atoms with van der Waals surface area (Å²) in [7, 11) is 0. The number of hydrazine groups is 1. The van der Waals surface area contributed by atoms with Gasteiger partial charge in [0.2, 0.25) is 11.8 Å². The van der Waals surface area contributed by atoms with E-state index in [0.717, 1.165) is 21.4 Å². The quantitative estimate of drug-likeness (QED) is 0.0321. The van der Waals surface area contributed by atoms with Crippen LogP contribution in [-0.4, -0.2) is 88.2 Å². The molecular formula is C37H40N8O8. The van der Waals surface area contributed by atoms with Gasteiger partial charge in [-0.2, -0.15) is 0 Å². The fourth-order valence-electron chi connectivity index (χ4n) is 6.25. The van der Waals surface area contributed by atoms with Crippen LogP contribution in [0.25, 0.3) is 10.9 Å². The van der Waals surface area contributed by atoms with E-state index in [0.29, 0.717) is 68.6 Å². The van der Waals surface area contributed by atoms with Crippen molar-refractivity contribution >= 4 is 46.1 Å². The third-order valence-electron chi connectivity index (χ3n) is 8.93. The minimum absolute atomic E-state index is 0.0467. The minimum Gasteiger partial charge on any atom is -0.491 e. The van der Waals surface area contributed by atoms with Gasteiger partial charge < -0.3 is 30.1 Å². The number of benzene rings is 3. The third-order valence-corrected chi connectivity index (χ3v) is 8.93. The Labute approximate surface area is 304 Å². The van der Waals surface area contributed by atoms with Gasteiger partial charge in [-0.15, -0.1) is 0 Å². The summed E-state index contributed by atoms with van der Waals surface area (Å²) in [4.78, 5) is 63.0. The van der Waals surface area contributed by atoms with Crippen LogP contribution in [0, 0.1) is 0 Å². The number of nitrogens with zero attached hydrogens (tertiary/aromatic N) is 3. The van der Waals surface area contributed by atoms with E-state index in [1.807, 2.05) is 47.2 Å². The molecule has 2 aliphatic rings. The lowest BCUT2D eigenvalue weighted by Gasteiger charge is -2.27. The molecule has 4 aromatic rings. The molecule has 3 heterocycles. The summed E-state index contributed by atoms with van der Waals surface area (Å²) in [5, 5.41) is 16.7. The predicted molar refractivity (Wildman–Crippen MR) is 192 cm³/mol. The van der Waals surface area contributed by atoms with Gasteiger partial charge in [0.25, 0.3) is 17.7 Å². The van der Waals surface area contributed by atoms with Crippen LogP contribution in [0.3, 0.4) is 0 Å². The number of imide groups is 2. The first kappa shape index (κ1) is 36.6. The molecule has 1 saturated heterocycles. The number of amides is 5. The third kappa shape index (κ3) is 8.47. The molecule has 0 bridgehead atoms. The second-order valence-electron chi connectivity index (χ2n) is 12.6. The summed E-state index contributed by atoms with van der Waals surface area (Å²) in [6.45, 7) is 2.34. The second kappa shape index (κ2) is 16.4. The van der Waals surface area contributed by atoms with Crippen molar-refractivity contribution < 1.29 is 38.7 Å². The molecule has 2 aliphatic heterocycles. The number of nitrogens with one attached hydrogen (secondary N) is 3. The Hall–Kier alpha value is -6.23. The van der Waals surface area contributed by atoms with Gasteiger partial charge in [-0.1, -0.05) is 24.3 Å². The summed E-state index contributed by atoms with van der Waals surface area (Å²) >= 11 is 0. The monoisotopic (exact) mass is 724 g/mol. The number of rotatable bonds is 16. The lowest BCUT2D eigenvalue weighted by Crippen LogP contribution is -2.54. The standard InChI is InChI=1S/C37H40N8O8/c38-26(12-14-40-29-3-1-2-28-33(29)37(50)45(36(28)49)30-10-11-32(46)41-35(30)48)22-44(39)16-17-52-18-19-53-27-8-4-23(5-9-27)21-43-15-13-24-6-7-25(20-31(24)43)34(47)42-51/h1-9,13,15,20,22,30,40,51H,10-12,14,16-19,21,38-39H2,(H,42,47)(H,41,46,48)/b26-22-. The lowest BCUT2D eigenvalue weighted by molar-refractivity contribution is -0.136. The van der Waals surface area contributed by atoms with E-state index in [2.05, 4.69) is 10.6 Å². The number of carbonyl (C=O) groups excluding carboxylic acids is 5. The van der Waals surface area contributed by atoms with E-state index in [4.69, 9.17) is 26.3 Å². The Bertz CT molecular complexity index is 2060. The number of fused-ring (bicyclic) bond motifs is 2. The zero-order valence-corrected chi connectivity index (χ0v) is 28.7. The summed E-state index contributed by atoms with van der Waals surface area (Å²) in [6, 6.07) is 18.7.